The minimum atomic E-state index is -0.467. The van der Waals surface area contributed by atoms with E-state index in [9.17, 15) is 4.79 Å². The minimum absolute atomic E-state index is 0.396. The molecule has 0 radical (unpaired) electrons. The largest absolute Gasteiger partial charge is 0.444 e. The summed E-state index contributed by atoms with van der Waals surface area (Å²) in [5.74, 6) is 0. The van der Waals surface area contributed by atoms with Gasteiger partial charge in [0.1, 0.15) is 5.60 Å². The summed E-state index contributed by atoms with van der Waals surface area (Å²) in [5.41, 5.74) is 0.326. The predicted molar refractivity (Wildman–Crippen MR) is 76.6 cm³/mol. The molecule has 1 rings (SSSR count). The summed E-state index contributed by atoms with van der Waals surface area (Å²) >= 11 is 5.90. The molecular weight excluding hydrogens is 266 g/mol. The van der Waals surface area contributed by atoms with Crippen molar-refractivity contribution in [1.82, 2.24) is 10.3 Å². The number of halogens is 1. The van der Waals surface area contributed by atoms with Gasteiger partial charge in [-0.1, -0.05) is 11.6 Å². The highest BCUT2D eigenvalue weighted by atomic mass is 35.5. The lowest BCUT2D eigenvalue weighted by molar-refractivity contribution is 0.0528. The van der Waals surface area contributed by atoms with Crippen molar-refractivity contribution < 1.29 is 9.53 Å². The number of hydrogen-bond acceptors (Lipinski definition) is 4. The van der Waals surface area contributed by atoms with Crippen LogP contribution in [0.1, 0.15) is 27.2 Å². The number of carbonyl (C=O) groups excluding carboxylic acids is 1. The Kier molecular flexibility index (Phi) is 5.89. The first kappa shape index (κ1) is 15.6. The number of nitrogens with one attached hydrogen (secondary N) is 2. The fourth-order valence-electron chi connectivity index (χ4n) is 1.33. The topological polar surface area (TPSA) is 63.2 Å². The number of aromatic nitrogens is 1. The summed E-state index contributed by atoms with van der Waals surface area (Å²) in [5, 5.41) is 6.29. The van der Waals surface area contributed by atoms with Crippen LogP contribution >= 0.6 is 11.6 Å². The van der Waals surface area contributed by atoms with Gasteiger partial charge in [-0.15, -0.1) is 0 Å². The number of pyridine rings is 1. The molecule has 0 atom stereocenters. The van der Waals surface area contributed by atoms with Crippen LogP contribution in [0.15, 0.2) is 18.3 Å². The van der Waals surface area contributed by atoms with Gasteiger partial charge in [-0.3, -0.25) is 0 Å². The third-order valence-corrected chi connectivity index (χ3v) is 2.40. The fourth-order valence-corrected chi connectivity index (χ4v) is 1.52. The molecule has 1 amide bonds. The molecule has 0 fully saturated rings. The molecule has 0 aliphatic rings. The van der Waals surface area contributed by atoms with Gasteiger partial charge in [0.25, 0.3) is 0 Å². The summed E-state index contributed by atoms with van der Waals surface area (Å²) in [7, 11) is 0. The number of carbonyl (C=O) groups is 1. The molecular formula is C13H20ClN3O2. The van der Waals surface area contributed by atoms with E-state index in [1.54, 1.807) is 6.20 Å². The van der Waals surface area contributed by atoms with Gasteiger partial charge in [-0.25, -0.2) is 9.78 Å². The van der Waals surface area contributed by atoms with Crippen molar-refractivity contribution in [2.45, 2.75) is 32.8 Å². The first-order valence-corrected chi connectivity index (χ1v) is 6.57. The number of ether oxygens (including phenoxy) is 1. The van der Waals surface area contributed by atoms with Crippen molar-refractivity contribution in [1.29, 1.82) is 0 Å². The van der Waals surface area contributed by atoms with Crippen molar-refractivity contribution in [3.8, 4) is 0 Å². The summed E-state index contributed by atoms with van der Waals surface area (Å²) in [6.45, 7) is 6.73. The molecule has 0 aromatic carbocycles. The van der Waals surface area contributed by atoms with E-state index in [4.69, 9.17) is 16.3 Å². The number of rotatable bonds is 5. The quantitative estimate of drug-likeness (QED) is 0.645. The molecule has 19 heavy (non-hydrogen) atoms. The monoisotopic (exact) mass is 285 g/mol. The molecule has 0 bridgehead atoms. The lowest BCUT2D eigenvalue weighted by Crippen LogP contribution is -2.33. The minimum Gasteiger partial charge on any atom is -0.444 e. The Morgan fingerprint density at radius 1 is 1.42 bits per heavy atom. The second-order valence-corrected chi connectivity index (χ2v) is 5.41. The van der Waals surface area contributed by atoms with Crippen LogP contribution in [0.25, 0.3) is 0 Å². The van der Waals surface area contributed by atoms with Gasteiger partial charge < -0.3 is 15.4 Å². The third-order valence-electron chi connectivity index (χ3n) is 2.10. The van der Waals surface area contributed by atoms with Gasteiger partial charge in [0.15, 0.2) is 5.15 Å². The molecule has 1 aromatic rings. The molecule has 1 heterocycles. The van der Waals surface area contributed by atoms with Gasteiger partial charge in [0, 0.05) is 19.3 Å². The molecule has 5 nitrogen and oxygen atoms in total. The number of amides is 1. The zero-order valence-corrected chi connectivity index (χ0v) is 12.3. The summed E-state index contributed by atoms with van der Waals surface area (Å²) < 4.78 is 5.12. The number of nitrogens with zero attached hydrogens (tertiary/aromatic N) is 1. The summed E-state index contributed by atoms with van der Waals surface area (Å²) in [6.07, 6.45) is 2.01. The van der Waals surface area contributed by atoms with Crippen molar-refractivity contribution >= 4 is 23.4 Å². The first-order chi connectivity index (χ1) is 8.88. The highest BCUT2D eigenvalue weighted by Crippen LogP contribution is 2.16. The lowest BCUT2D eigenvalue weighted by atomic mass is 10.2. The normalized spacial score (nSPS) is 10.9. The standard InChI is InChI=1S/C13H20ClN3O2/c1-13(2,3)19-12(18)17-9-5-8-15-10-6-4-7-16-11(10)14/h4,6-7,15H,5,8-9H2,1-3H3,(H,17,18). The van der Waals surface area contributed by atoms with Crippen LogP contribution in [0.3, 0.4) is 0 Å². The molecule has 0 aliphatic carbocycles. The van der Waals surface area contributed by atoms with E-state index in [1.807, 2.05) is 32.9 Å². The van der Waals surface area contributed by atoms with Crippen LogP contribution in [0.4, 0.5) is 10.5 Å². The van der Waals surface area contributed by atoms with E-state index in [0.717, 1.165) is 12.1 Å². The van der Waals surface area contributed by atoms with Crippen molar-refractivity contribution in [2.75, 3.05) is 18.4 Å². The van der Waals surface area contributed by atoms with Gasteiger partial charge in [0.05, 0.1) is 5.69 Å². The molecule has 0 unspecified atom stereocenters. The SMILES string of the molecule is CC(C)(C)OC(=O)NCCCNc1cccnc1Cl. The van der Waals surface area contributed by atoms with Crippen LogP contribution in [0, 0.1) is 0 Å². The third kappa shape index (κ3) is 6.86. The number of alkyl carbamates (subject to hydrolysis) is 1. The highest BCUT2D eigenvalue weighted by Gasteiger charge is 2.15. The van der Waals surface area contributed by atoms with E-state index in [1.165, 1.54) is 0 Å². The fraction of sp³-hybridized carbons (Fsp3) is 0.538. The maximum absolute atomic E-state index is 11.4. The second-order valence-electron chi connectivity index (χ2n) is 5.05. The van der Waals surface area contributed by atoms with Crippen molar-refractivity contribution in [3.05, 3.63) is 23.5 Å². The molecule has 1 aromatic heterocycles. The lowest BCUT2D eigenvalue weighted by Gasteiger charge is -2.19. The number of anilines is 1. The molecule has 0 saturated heterocycles. The molecule has 0 spiro atoms. The molecule has 0 saturated carbocycles. The molecule has 6 heteroatoms. The van der Waals surface area contributed by atoms with Gasteiger partial charge >= 0.3 is 6.09 Å². The molecule has 0 aliphatic heterocycles. The Labute approximate surface area is 118 Å². The Morgan fingerprint density at radius 2 is 2.16 bits per heavy atom. The van der Waals surface area contributed by atoms with Crippen LogP contribution in [-0.2, 0) is 4.74 Å². The van der Waals surface area contributed by atoms with Gasteiger partial charge in [0.2, 0.25) is 0 Å². The average Bonchev–Trinajstić information content (AvgIpc) is 2.28. The van der Waals surface area contributed by atoms with Crippen LogP contribution in [0.5, 0.6) is 0 Å². The maximum atomic E-state index is 11.4. The van der Waals surface area contributed by atoms with Crippen molar-refractivity contribution in [2.24, 2.45) is 0 Å². The van der Waals surface area contributed by atoms with Crippen LogP contribution in [-0.4, -0.2) is 29.8 Å². The number of hydrogen-bond donors (Lipinski definition) is 2. The Bertz CT molecular complexity index is 419. The Hall–Kier alpha value is -1.49. The molecule has 2 N–H and O–H groups in total. The van der Waals surface area contributed by atoms with E-state index >= 15 is 0 Å². The van der Waals surface area contributed by atoms with E-state index in [-0.39, 0.29) is 0 Å². The van der Waals surface area contributed by atoms with Gasteiger partial charge in [-0.05, 0) is 39.3 Å². The zero-order chi connectivity index (χ0) is 14.3. The smallest absolute Gasteiger partial charge is 0.407 e. The average molecular weight is 286 g/mol. The summed E-state index contributed by atoms with van der Waals surface area (Å²) in [6, 6.07) is 3.67. The van der Waals surface area contributed by atoms with E-state index in [0.29, 0.717) is 18.2 Å². The Balaban J connectivity index is 2.15. The first-order valence-electron chi connectivity index (χ1n) is 6.20. The van der Waals surface area contributed by atoms with E-state index in [2.05, 4.69) is 15.6 Å². The van der Waals surface area contributed by atoms with E-state index < -0.39 is 11.7 Å². The second kappa shape index (κ2) is 7.19. The Morgan fingerprint density at radius 3 is 2.79 bits per heavy atom. The highest BCUT2D eigenvalue weighted by molar-refractivity contribution is 6.31. The maximum Gasteiger partial charge on any atom is 0.407 e. The van der Waals surface area contributed by atoms with Crippen LogP contribution < -0.4 is 10.6 Å². The summed E-state index contributed by atoms with van der Waals surface area (Å²) in [4.78, 5) is 15.3. The van der Waals surface area contributed by atoms with Crippen molar-refractivity contribution in [3.63, 3.8) is 0 Å². The zero-order valence-electron chi connectivity index (χ0n) is 11.5. The van der Waals surface area contributed by atoms with Crippen LogP contribution in [0.2, 0.25) is 5.15 Å². The molecule has 106 valence electrons. The predicted octanol–water partition coefficient (Wildman–Crippen LogP) is 3.06. The van der Waals surface area contributed by atoms with Gasteiger partial charge in [-0.2, -0.15) is 0 Å².